The second-order valence-electron chi connectivity index (χ2n) is 2.38. The van der Waals surface area contributed by atoms with Gasteiger partial charge >= 0.3 is 0 Å². The maximum Gasteiger partial charge on any atom is 0.293 e. The number of hydrogen-bond donors (Lipinski definition) is 0. The molecule has 0 aliphatic rings. The van der Waals surface area contributed by atoms with E-state index >= 15 is 0 Å². The average Bonchev–Trinajstić information content (AvgIpc) is 2.15. The zero-order valence-electron chi connectivity index (χ0n) is 6.94. The first-order chi connectivity index (χ1) is 6.33. The van der Waals surface area contributed by atoms with Crippen LogP contribution in [-0.2, 0) is 9.53 Å². The maximum atomic E-state index is 12.4. The van der Waals surface area contributed by atoms with Crippen molar-refractivity contribution in [3.05, 3.63) is 41.7 Å². The highest BCUT2D eigenvalue weighted by Crippen LogP contribution is 2.04. The molecule has 68 valence electrons. The number of hydrogen-bond acceptors (Lipinski definition) is 2. The van der Waals surface area contributed by atoms with Gasteiger partial charge in [0.25, 0.3) is 6.47 Å². The minimum Gasteiger partial charge on any atom is -0.464 e. The van der Waals surface area contributed by atoms with E-state index in [9.17, 15) is 9.18 Å². The Bertz CT molecular complexity index is 290. The van der Waals surface area contributed by atoms with Gasteiger partial charge in [0.1, 0.15) is 12.4 Å². The molecule has 0 bridgehead atoms. The van der Waals surface area contributed by atoms with Crippen LogP contribution in [0.25, 0.3) is 6.08 Å². The Kier molecular flexibility index (Phi) is 3.70. The van der Waals surface area contributed by atoms with Gasteiger partial charge in [0, 0.05) is 0 Å². The zero-order chi connectivity index (χ0) is 9.52. The van der Waals surface area contributed by atoms with Gasteiger partial charge in [-0.1, -0.05) is 18.2 Å². The highest BCUT2D eigenvalue weighted by atomic mass is 19.1. The summed E-state index contributed by atoms with van der Waals surface area (Å²) < 4.78 is 16.9. The molecular formula is C10H9FO2. The lowest BCUT2D eigenvalue weighted by Crippen LogP contribution is -1.85. The van der Waals surface area contributed by atoms with Crippen LogP contribution in [0.1, 0.15) is 5.56 Å². The van der Waals surface area contributed by atoms with Crippen LogP contribution in [0.15, 0.2) is 30.3 Å². The van der Waals surface area contributed by atoms with Crippen molar-refractivity contribution in [1.82, 2.24) is 0 Å². The number of carbonyl (C=O) groups excluding carboxylic acids is 1. The molecule has 1 aromatic carbocycles. The fourth-order valence-corrected chi connectivity index (χ4v) is 0.853. The van der Waals surface area contributed by atoms with Crippen LogP contribution in [0.2, 0.25) is 0 Å². The van der Waals surface area contributed by atoms with E-state index < -0.39 is 0 Å². The standard InChI is InChI=1S/C10H9FO2/c11-10-5-3-9(4-6-10)2-1-7-13-8-12/h1-6,8H,7H2/b2-1+. The summed E-state index contributed by atoms with van der Waals surface area (Å²) in [5.74, 6) is -0.263. The van der Waals surface area contributed by atoms with Crippen molar-refractivity contribution in [2.24, 2.45) is 0 Å². The van der Waals surface area contributed by atoms with Crippen LogP contribution in [0.4, 0.5) is 4.39 Å². The van der Waals surface area contributed by atoms with E-state index in [0.717, 1.165) is 5.56 Å². The van der Waals surface area contributed by atoms with Gasteiger partial charge in [-0.2, -0.15) is 0 Å². The molecule has 0 amide bonds. The summed E-state index contributed by atoms with van der Waals surface area (Å²) in [6.07, 6.45) is 3.44. The van der Waals surface area contributed by atoms with Gasteiger partial charge in [-0.15, -0.1) is 0 Å². The normalized spacial score (nSPS) is 10.2. The smallest absolute Gasteiger partial charge is 0.293 e. The second kappa shape index (κ2) is 5.09. The fraction of sp³-hybridized carbons (Fsp3) is 0.100. The van der Waals surface area contributed by atoms with Crippen LogP contribution in [0, 0.1) is 5.82 Å². The minimum atomic E-state index is -0.263. The summed E-state index contributed by atoms with van der Waals surface area (Å²) in [5.41, 5.74) is 0.871. The molecule has 0 saturated carbocycles. The Morgan fingerprint density at radius 2 is 2.00 bits per heavy atom. The summed E-state index contributed by atoms with van der Waals surface area (Å²) in [5, 5.41) is 0. The van der Waals surface area contributed by atoms with Gasteiger partial charge in [0.2, 0.25) is 0 Å². The number of benzene rings is 1. The van der Waals surface area contributed by atoms with Crippen molar-refractivity contribution in [2.75, 3.05) is 6.61 Å². The molecule has 0 saturated heterocycles. The van der Waals surface area contributed by atoms with Gasteiger partial charge in [-0.3, -0.25) is 4.79 Å². The molecular weight excluding hydrogens is 171 g/mol. The molecule has 0 aliphatic heterocycles. The van der Waals surface area contributed by atoms with Crippen LogP contribution in [0.5, 0.6) is 0 Å². The summed E-state index contributed by atoms with van der Waals surface area (Å²) in [7, 11) is 0. The predicted octanol–water partition coefficient (Wildman–Crippen LogP) is 2.01. The second-order valence-corrected chi connectivity index (χ2v) is 2.38. The van der Waals surface area contributed by atoms with E-state index in [1.165, 1.54) is 12.1 Å². The molecule has 13 heavy (non-hydrogen) atoms. The van der Waals surface area contributed by atoms with E-state index in [2.05, 4.69) is 4.74 Å². The zero-order valence-corrected chi connectivity index (χ0v) is 6.94. The van der Waals surface area contributed by atoms with Crippen molar-refractivity contribution < 1.29 is 13.9 Å². The molecule has 0 atom stereocenters. The number of rotatable bonds is 4. The molecule has 0 heterocycles. The van der Waals surface area contributed by atoms with Crippen molar-refractivity contribution >= 4 is 12.5 Å². The first-order valence-corrected chi connectivity index (χ1v) is 3.80. The summed E-state index contributed by atoms with van der Waals surface area (Å²) in [6.45, 7) is 0.621. The Morgan fingerprint density at radius 3 is 2.62 bits per heavy atom. The fourth-order valence-electron chi connectivity index (χ4n) is 0.853. The van der Waals surface area contributed by atoms with Crippen molar-refractivity contribution in [3.8, 4) is 0 Å². The SMILES string of the molecule is O=COC/C=C/c1ccc(F)cc1. The number of halogens is 1. The lowest BCUT2D eigenvalue weighted by molar-refractivity contribution is -0.127. The maximum absolute atomic E-state index is 12.4. The topological polar surface area (TPSA) is 26.3 Å². The van der Waals surface area contributed by atoms with E-state index in [1.807, 2.05) is 0 Å². The van der Waals surface area contributed by atoms with Gasteiger partial charge in [0.15, 0.2) is 0 Å². The summed E-state index contributed by atoms with van der Waals surface area (Å²) >= 11 is 0. The van der Waals surface area contributed by atoms with Crippen molar-refractivity contribution in [3.63, 3.8) is 0 Å². The van der Waals surface area contributed by atoms with Crippen LogP contribution in [0.3, 0.4) is 0 Å². The molecule has 1 aromatic rings. The number of ether oxygens (including phenoxy) is 1. The van der Waals surface area contributed by atoms with E-state index in [4.69, 9.17) is 0 Å². The van der Waals surface area contributed by atoms with Crippen LogP contribution >= 0.6 is 0 Å². The lowest BCUT2D eigenvalue weighted by Gasteiger charge is -1.92. The monoisotopic (exact) mass is 180 g/mol. The first-order valence-electron chi connectivity index (χ1n) is 3.80. The molecule has 0 aromatic heterocycles. The first kappa shape index (κ1) is 9.45. The van der Waals surface area contributed by atoms with Crippen molar-refractivity contribution in [2.45, 2.75) is 0 Å². The molecule has 0 fully saturated rings. The third-order valence-corrected chi connectivity index (χ3v) is 1.44. The van der Waals surface area contributed by atoms with E-state index in [1.54, 1.807) is 24.3 Å². The largest absolute Gasteiger partial charge is 0.464 e. The average molecular weight is 180 g/mol. The molecule has 1 rings (SSSR count). The third kappa shape index (κ3) is 3.51. The summed E-state index contributed by atoms with van der Waals surface area (Å²) in [6, 6.07) is 6.04. The highest BCUT2D eigenvalue weighted by molar-refractivity contribution is 5.49. The minimum absolute atomic E-state index is 0.237. The predicted molar refractivity (Wildman–Crippen MR) is 47.5 cm³/mol. The van der Waals surface area contributed by atoms with Crippen molar-refractivity contribution in [1.29, 1.82) is 0 Å². The van der Waals surface area contributed by atoms with Gasteiger partial charge < -0.3 is 4.74 Å². The Labute approximate surface area is 75.6 Å². The van der Waals surface area contributed by atoms with Gasteiger partial charge in [0.05, 0.1) is 0 Å². The van der Waals surface area contributed by atoms with Crippen LogP contribution < -0.4 is 0 Å². The highest BCUT2D eigenvalue weighted by Gasteiger charge is 1.87. The van der Waals surface area contributed by atoms with E-state index in [-0.39, 0.29) is 12.4 Å². The molecule has 0 radical (unpaired) electrons. The number of carbonyl (C=O) groups is 1. The molecule has 3 heteroatoms. The van der Waals surface area contributed by atoms with Gasteiger partial charge in [-0.05, 0) is 23.8 Å². The quantitative estimate of drug-likeness (QED) is 0.523. The molecule has 0 spiro atoms. The molecule has 0 N–H and O–H groups in total. The Hall–Kier alpha value is -1.64. The Balaban J connectivity index is 2.49. The molecule has 0 unspecified atom stereocenters. The van der Waals surface area contributed by atoms with E-state index in [0.29, 0.717) is 6.47 Å². The molecule has 0 aliphatic carbocycles. The Morgan fingerprint density at radius 1 is 1.31 bits per heavy atom. The van der Waals surface area contributed by atoms with Gasteiger partial charge in [-0.25, -0.2) is 4.39 Å². The van der Waals surface area contributed by atoms with Crippen LogP contribution in [-0.4, -0.2) is 13.1 Å². The third-order valence-electron chi connectivity index (χ3n) is 1.44. The molecule has 2 nitrogen and oxygen atoms in total. The lowest BCUT2D eigenvalue weighted by atomic mass is 10.2. The summed E-state index contributed by atoms with van der Waals surface area (Å²) in [4.78, 5) is 9.76.